The third-order valence-corrected chi connectivity index (χ3v) is 3.76. The lowest BCUT2D eigenvalue weighted by Gasteiger charge is -2.43. The fraction of sp³-hybridized carbons (Fsp3) is 1.00. The standard InChI is InChI=1S/C11H23N3O/c1-13-5-2-10(3-6-13)14-7-4-12-8-11(14)9-15/h10-12,15H,2-9H2,1H3. The van der Waals surface area contributed by atoms with Gasteiger partial charge in [-0.05, 0) is 33.0 Å². The Labute approximate surface area is 92.2 Å². The Morgan fingerprint density at radius 2 is 2.00 bits per heavy atom. The molecular weight excluding hydrogens is 190 g/mol. The molecular formula is C11H23N3O. The average molecular weight is 213 g/mol. The normalized spacial score (nSPS) is 32.0. The Kier molecular flexibility index (Phi) is 3.97. The molecule has 1 atom stereocenters. The van der Waals surface area contributed by atoms with Crippen LogP contribution in [0.15, 0.2) is 0 Å². The Bertz CT molecular complexity index is 192. The van der Waals surface area contributed by atoms with Gasteiger partial charge in [0.1, 0.15) is 0 Å². The fourth-order valence-electron chi connectivity index (χ4n) is 2.75. The highest BCUT2D eigenvalue weighted by Crippen LogP contribution is 2.18. The van der Waals surface area contributed by atoms with Crippen LogP contribution in [0, 0.1) is 0 Å². The van der Waals surface area contributed by atoms with Gasteiger partial charge in [0, 0.05) is 31.7 Å². The van der Waals surface area contributed by atoms with Crippen LogP contribution in [0.25, 0.3) is 0 Å². The van der Waals surface area contributed by atoms with Crippen molar-refractivity contribution in [2.45, 2.75) is 24.9 Å². The first kappa shape index (κ1) is 11.3. The van der Waals surface area contributed by atoms with Crippen molar-refractivity contribution >= 4 is 0 Å². The molecule has 2 aliphatic rings. The summed E-state index contributed by atoms with van der Waals surface area (Å²) in [5.41, 5.74) is 0. The summed E-state index contributed by atoms with van der Waals surface area (Å²) in [7, 11) is 2.19. The maximum atomic E-state index is 9.35. The van der Waals surface area contributed by atoms with E-state index in [-0.39, 0.29) is 0 Å². The number of hydrogen-bond donors (Lipinski definition) is 2. The van der Waals surface area contributed by atoms with Gasteiger partial charge in [-0.25, -0.2) is 0 Å². The zero-order chi connectivity index (χ0) is 10.7. The third-order valence-electron chi connectivity index (χ3n) is 3.76. The van der Waals surface area contributed by atoms with Crippen molar-refractivity contribution in [3.05, 3.63) is 0 Å². The number of aliphatic hydroxyl groups excluding tert-OH is 1. The molecule has 0 radical (unpaired) electrons. The SMILES string of the molecule is CN1CCC(N2CCNCC2CO)CC1. The van der Waals surface area contributed by atoms with E-state index in [2.05, 4.69) is 22.2 Å². The summed E-state index contributed by atoms with van der Waals surface area (Å²) >= 11 is 0. The van der Waals surface area contributed by atoms with Crippen LogP contribution in [-0.4, -0.2) is 73.4 Å². The molecule has 2 saturated heterocycles. The second-order valence-electron chi connectivity index (χ2n) is 4.81. The van der Waals surface area contributed by atoms with Crippen molar-refractivity contribution < 1.29 is 5.11 Å². The highest BCUT2D eigenvalue weighted by Gasteiger charge is 2.29. The van der Waals surface area contributed by atoms with E-state index in [0.717, 1.165) is 19.6 Å². The molecule has 4 heteroatoms. The summed E-state index contributed by atoms with van der Waals surface area (Å²) in [6.07, 6.45) is 2.51. The van der Waals surface area contributed by atoms with Crippen LogP contribution in [0.4, 0.5) is 0 Å². The second kappa shape index (κ2) is 5.25. The maximum Gasteiger partial charge on any atom is 0.0599 e. The number of likely N-dealkylation sites (tertiary alicyclic amines) is 1. The molecule has 2 fully saturated rings. The molecule has 0 aromatic rings. The topological polar surface area (TPSA) is 38.7 Å². The zero-order valence-corrected chi connectivity index (χ0v) is 9.65. The summed E-state index contributed by atoms with van der Waals surface area (Å²) < 4.78 is 0. The van der Waals surface area contributed by atoms with Gasteiger partial charge in [-0.2, -0.15) is 0 Å². The van der Waals surface area contributed by atoms with Gasteiger partial charge in [-0.3, -0.25) is 4.90 Å². The van der Waals surface area contributed by atoms with Crippen molar-refractivity contribution in [3.8, 4) is 0 Å². The molecule has 0 spiro atoms. The highest BCUT2D eigenvalue weighted by molar-refractivity contribution is 4.87. The first-order chi connectivity index (χ1) is 7.31. The number of piperazine rings is 1. The zero-order valence-electron chi connectivity index (χ0n) is 9.65. The van der Waals surface area contributed by atoms with Crippen molar-refractivity contribution in [2.24, 2.45) is 0 Å². The van der Waals surface area contributed by atoms with E-state index < -0.39 is 0 Å². The van der Waals surface area contributed by atoms with Gasteiger partial charge in [0.2, 0.25) is 0 Å². The smallest absolute Gasteiger partial charge is 0.0599 e. The molecule has 0 saturated carbocycles. The van der Waals surface area contributed by atoms with Gasteiger partial charge < -0.3 is 15.3 Å². The summed E-state index contributed by atoms with van der Waals surface area (Å²) in [4.78, 5) is 4.91. The Balaban J connectivity index is 1.90. The molecule has 4 nitrogen and oxygen atoms in total. The van der Waals surface area contributed by atoms with Crippen LogP contribution in [0.2, 0.25) is 0 Å². The van der Waals surface area contributed by atoms with Gasteiger partial charge >= 0.3 is 0 Å². The molecule has 2 heterocycles. The molecule has 0 aliphatic carbocycles. The van der Waals surface area contributed by atoms with Gasteiger partial charge in [0.05, 0.1) is 6.61 Å². The first-order valence-corrected chi connectivity index (χ1v) is 6.07. The highest BCUT2D eigenvalue weighted by atomic mass is 16.3. The quantitative estimate of drug-likeness (QED) is 0.639. The number of nitrogens with one attached hydrogen (secondary N) is 1. The lowest BCUT2D eigenvalue weighted by atomic mass is 10.0. The molecule has 0 aromatic carbocycles. The van der Waals surface area contributed by atoms with E-state index in [1.807, 2.05) is 0 Å². The number of hydrogen-bond acceptors (Lipinski definition) is 4. The van der Waals surface area contributed by atoms with Crippen LogP contribution in [-0.2, 0) is 0 Å². The predicted molar refractivity (Wildman–Crippen MR) is 61.0 cm³/mol. The van der Waals surface area contributed by atoms with Gasteiger partial charge in [0.15, 0.2) is 0 Å². The molecule has 0 aromatic heterocycles. The lowest BCUT2D eigenvalue weighted by Crippen LogP contribution is -2.58. The van der Waals surface area contributed by atoms with Crippen LogP contribution < -0.4 is 5.32 Å². The molecule has 2 rings (SSSR count). The molecule has 15 heavy (non-hydrogen) atoms. The van der Waals surface area contributed by atoms with Gasteiger partial charge in [-0.1, -0.05) is 0 Å². The Morgan fingerprint density at radius 1 is 1.27 bits per heavy atom. The number of piperidine rings is 1. The van der Waals surface area contributed by atoms with E-state index in [4.69, 9.17) is 0 Å². The summed E-state index contributed by atoms with van der Waals surface area (Å²) in [6, 6.07) is 1.03. The second-order valence-corrected chi connectivity index (χ2v) is 4.81. The molecule has 2 aliphatic heterocycles. The van der Waals surface area contributed by atoms with Crippen molar-refractivity contribution in [1.82, 2.24) is 15.1 Å². The van der Waals surface area contributed by atoms with E-state index in [1.54, 1.807) is 0 Å². The Hall–Kier alpha value is -0.160. The van der Waals surface area contributed by atoms with Crippen LogP contribution in [0.1, 0.15) is 12.8 Å². The monoisotopic (exact) mass is 213 g/mol. The fourth-order valence-corrected chi connectivity index (χ4v) is 2.75. The van der Waals surface area contributed by atoms with Gasteiger partial charge in [0.25, 0.3) is 0 Å². The third kappa shape index (κ3) is 2.69. The number of aliphatic hydroxyl groups is 1. The van der Waals surface area contributed by atoms with Crippen molar-refractivity contribution in [2.75, 3.05) is 46.4 Å². The van der Waals surface area contributed by atoms with E-state index in [1.165, 1.54) is 25.9 Å². The Morgan fingerprint density at radius 3 is 2.67 bits per heavy atom. The average Bonchev–Trinajstić information content (AvgIpc) is 2.30. The molecule has 1 unspecified atom stereocenters. The van der Waals surface area contributed by atoms with Crippen LogP contribution in [0.3, 0.4) is 0 Å². The molecule has 2 N–H and O–H groups in total. The molecule has 88 valence electrons. The first-order valence-electron chi connectivity index (χ1n) is 6.07. The largest absolute Gasteiger partial charge is 0.395 e. The minimum Gasteiger partial charge on any atom is -0.395 e. The van der Waals surface area contributed by atoms with E-state index >= 15 is 0 Å². The van der Waals surface area contributed by atoms with E-state index in [0.29, 0.717) is 18.7 Å². The summed E-state index contributed by atoms with van der Waals surface area (Å²) in [6.45, 7) is 5.81. The molecule has 0 bridgehead atoms. The maximum absolute atomic E-state index is 9.35. The predicted octanol–water partition coefficient (Wildman–Crippen LogP) is -0.653. The van der Waals surface area contributed by atoms with E-state index in [9.17, 15) is 5.11 Å². The minimum atomic E-state index is 0.291. The van der Waals surface area contributed by atoms with Crippen LogP contribution in [0.5, 0.6) is 0 Å². The van der Waals surface area contributed by atoms with Crippen molar-refractivity contribution in [3.63, 3.8) is 0 Å². The summed E-state index contributed by atoms with van der Waals surface area (Å²) in [5, 5.41) is 12.7. The number of nitrogens with zero attached hydrogens (tertiary/aromatic N) is 2. The van der Waals surface area contributed by atoms with Crippen molar-refractivity contribution in [1.29, 1.82) is 0 Å². The van der Waals surface area contributed by atoms with Crippen LogP contribution >= 0.6 is 0 Å². The number of rotatable bonds is 2. The molecule has 0 amide bonds. The lowest BCUT2D eigenvalue weighted by molar-refractivity contribution is 0.0359. The van der Waals surface area contributed by atoms with Gasteiger partial charge in [-0.15, -0.1) is 0 Å². The minimum absolute atomic E-state index is 0.291. The summed E-state index contributed by atoms with van der Waals surface area (Å²) in [5.74, 6) is 0.